The molecule has 5 heteroatoms. The van der Waals surface area contributed by atoms with Gasteiger partial charge in [-0.2, -0.15) is 0 Å². The lowest BCUT2D eigenvalue weighted by molar-refractivity contribution is -0.136. The average Bonchev–Trinajstić information content (AvgIpc) is 2.64. The lowest BCUT2D eigenvalue weighted by Crippen LogP contribution is -2.23. The van der Waals surface area contributed by atoms with Gasteiger partial charge in [-0.3, -0.25) is 4.79 Å². The molecule has 0 bridgehead atoms. The summed E-state index contributed by atoms with van der Waals surface area (Å²) in [7, 11) is 0. The topological polar surface area (TPSA) is 62.2 Å². The van der Waals surface area contributed by atoms with Crippen LogP contribution < -0.4 is 5.32 Å². The van der Waals surface area contributed by atoms with Crippen LogP contribution in [0.1, 0.15) is 30.8 Å². The Hall–Kier alpha value is -0.940. The van der Waals surface area contributed by atoms with Gasteiger partial charge >= 0.3 is 5.97 Å². The van der Waals surface area contributed by atoms with Crippen LogP contribution in [0.4, 0.5) is 0 Å². The molecule has 14 heavy (non-hydrogen) atoms. The minimum Gasteiger partial charge on any atom is -0.481 e. The molecular weight excluding hydrogens is 200 g/mol. The number of nitrogens with zero attached hydrogens (tertiary/aromatic N) is 1. The number of nitrogens with one attached hydrogen (secondary N) is 1. The first-order valence-corrected chi connectivity index (χ1v) is 5.46. The lowest BCUT2D eigenvalue weighted by Gasteiger charge is -2.12. The molecule has 0 spiro atoms. The van der Waals surface area contributed by atoms with Crippen molar-refractivity contribution in [3.63, 3.8) is 0 Å². The Bertz CT molecular complexity index is 274. The molecule has 0 aliphatic heterocycles. The summed E-state index contributed by atoms with van der Waals surface area (Å²) in [6.45, 7) is 2.55. The number of hydrogen-bond acceptors (Lipinski definition) is 4. The van der Waals surface area contributed by atoms with Gasteiger partial charge in [-0.05, 0) is 6.42 Å². The summed E-state index contributed by atoms with van der Waals surface area (Å²) < 4.78 is 0. The highest BCUT2D eigenvalue weighted by Gasteiger charge is 2.10. The molecule has 1 aromatic rings. The van der Waals surface area contributed by atoms with Gasteiger partial charge in [-0.15, -0.1) is 11.3 Å². The van der Waals surface area contributed by atoms with E-state index in [1.165, 1.54) is 0 Å². The third-order valence-electron chi connectivity index (χ3n) is 1.89. The molecule has 0 radical (unpaired) electrons. The molecule has 2 N–H and O–H groups in total. The zero-order valence-corrected chi connectivity index (χ0v) is 8.88. The summed E-state index contributed by atoms with van der Waals surface area (Å²) in [6, 6.07) is 0.189. The molecule has 0 aliphatic rings. The van der Waals surface area contributed by atoms with Gasteiger partial charge in [-0.1, -0.05) is 6.92 Å². The predicted octanol–water partition coefficient (Wildman–Crippen LogP) is 1.66. The molecule has 1 heterocycles. The molecule has 0 amide bonds. The van der Waals surface area contributed by atoms with Gasteiger partial charge < -0.3 is 10.4 Å². The molecule has 78 valence electrons. The summed E-state index contributed by atoms with van der Waals surface area (Å²) in [6.07, 6.45) is 2.84. The molecule has 0 saturated carbocycles. The van der Waals surface area contributed by atoms with E-state index in [9.17, 15) is 4.79 Å². The molecule has 0 aromatic carbocycles. The Labute approximate surface area is 87.0 Å². The number of aromatic nitrogens is 1. The van der Waals surface area contributed by atoms with E-state index in [2.05, 4.69) is 17.2 Å². The number of carboxylic acid groups (broad SMARTS) is 1. The average molecular weight is 214 g/mol. The van der Waals surface area contributed by atoms with Crippen molar-refractivity contribution in [1.82, 2.24) is 10.3 Å². The first-order chi connectivity index (χ1) is 6.74. The maximum Gasteiger partial charge on any atom is 0.304 e. The summed E-state index contributed by atoms with van der Waals surface area (Å²) in [5.74, 6) is -0.772. The number of carboxylic acids is 1. The number of thiazole rings is 1. The van der Waals surface area contributed by atoms with Gasteiger partial charge in [0.25, 0.3) is 0 Å². The van der Waals surface area contributed by atoms with Crippen molar-refractivity contribution in [3.8, 4) is 0 Å². The summed E-state index contributed by atoms with van der Waals surface area (Å²) in [4.78, 5) is 14.5. The van der Waals surface area contributed by atoms with Crippen LogP contribution in [0, 0.1) is 0 Å². The van der Waals surface area contributed by atoms with Crippen molar-refractivity contribution in [2.24, 2.45) is 0 Å². The largest absolute Gasteiger partial charge is 0.481 e. The molecule has 1 atom stereocenters. The van der Waals surface area contributed by atoms with Crippen molar-refractivity contribution in [2.45, 2.75) is 25.8 Å². The Morgan fingerprint density at radius 1 is 1.79 bits per heavy atom. The van der Waals surface area contributed by atoms with Crippen LogP contribution in [0.5, 0.6) is 0 Å². The van der Waals surface area contributed by atoms with Crippen LogP contribution in [-0.4, -0.2) is 22.6 Å². The van der Waals surface area contributed by atoms with E-state index in [4.69, 9.17) is 5.11 Å². The highest BCUT2D eigenvalue weighted by molar-refractivity contribution is 7.09. The first kappa shape index (κ1) is 11.1. The van der Waals surface area contributed by atoms with Gasteiger partial charge in [0.2, 0.25) is 0 Å². The molecule has 0 fully saturated rings. The van der Waals surface area contributed by atoms with Crippen LogP contribution in [-0.2, 0) is 4.79 Å². The van der Waals surface area contributed by atoms with Gasteiger partial charge in [0, 0.05) is 18.1 Å². The van der Waals surface area contributed by atoms with Crippen LogP contribution in [0.25, 0.3) is 0 Å². The predicted molar refractivity (Wildman–Crippen MR) is 55.4 cm³/mol. The fraction of sp³-hybridized carbons (Fsp3) is 0.556. The highest BCUT2D eigenvalue weighted by atomic mass is 32.1. The second-order valence-corrected chi connectivity index (χ2v) is 3.86. The molecular formula is C9H14N2O2S. The van der Waals surface area contributed by atoms with E-state index in [0.717, 1.165) is 11.4 Å². The maximum absolute atomic E-state index is 10.3. The van der Waals surface area contributed by atoms with Crippen molar-refractivity contribution in [2.75, 3.05) is 6.54 Å². The normalized spacial score (nSPS) is 12.6. The quantitative estimate of drug-likeness (QED) is 0.756. The Morgan fingerprint density at radius 2 is 2.57 bits per heavy atom. The molecule has 1 unspecified atom stereocenters. The SMILES string of the molecule is CCC(NCCC(=O)O)c1nccs1. The van der Waals surface area contributed by atoms with Crippen LogP contribution in [0.2, 0.25) is 0 Å². The van der Waals surface area contributed by atoms with Gasteiger partial charge in [0.05, 0.1) is 12.5 Å². The summed E-state index contributed by atoms with van der Waals surface area (Å²) >= 11 is 1.59. The molecule has 1 aromatic heterocycles. The van der Waals surface area contributed by atoms with Crippen molar-refractivity contribution in [3.05, 3.63) is 16.6 Å². The minimum absolute atomic E-state index is 0.155. The molecule has 0 aliphatic carbocycles. The van der Waals surface area contributed by atoms with E-state index in [1.807, 2.05) is 5.38 Å². The van der Waals surface area contributed by atoms with E-state index < -0.39 is 5.97 Å². The third-order valence-corrected chi connectivity index (χ3v) is 2.78. The zero-order chi connectivity index (χ0) is 10.4. The highest BCUT2D eigenvalue weighted by Crippen LogP contribution is 2.18. The zero-order valence-electron chi connectivity index (χ0n) is 8.06. The number of aliphatic carboxylic acids is 1. The van der Waals surface area contributed by atoms with Gasteiger partial charge in [-0.25, -0.2) is 4.98 Å². The number of hydrogen-bond donors (Lipinski definition) is 2. The first-order valence-electron chi connectivity index (χ1n) is 4.58. The van der Waals surface area contributed by atoms with Crippen molar-refractivity contribution >= 4 is 17.3 Å². The monoisotopic (exact) mass is 214 g/mol. The van der Waals surface area contributed by atoms with E-state index in [0.29, 0.717) is 6.54 Å². The van der Waals surface area contributed by atoms with Crippen molar-refractivity contribution < 1.29 is 9.90 Å². The Kier molecular flexibility index (Phi) is 4.55. The van der Waals surface area contributed by atoms with Crippen LogP contribution in [0.15, 0.2) is 11.6 Å². The Morgan fingerprint density at radius 3 is 3.07 bits per heavy atom. The van der Waals surface area contributed by atoms with Crippen molar-refractivity contribution in [1.29, 1.82) is 0 Å². The van der Waals surface area contributed by atoms with E-state index >= 15 is 0 Å². The van der Waals surface area contributed by atoms with Crippen LogP contribution >= 0.6 is 11.3 Å². The number of rotatable bonds is 6. The van der Waals surface area contributed by atoms with Crippen LogP contribution in [0.3, 0.4) is 0 Å². The van der Waals surface area contributed by atoms with Gasteiger partial charge in [0.1, 0.15) is 5.01 Å². The second-order valence-electron chi connectivity index (χ2n) is 2.93. The second kappa shape index (κ2) is 5.72. The fourth-order valence-electron chi connectivity index (χ4n) is 1.17. The number of carbonyl (C=O) groups is 1. The minimum atomic E-state index is -0.772. The van der Waals surface area contributed by atoms with E-state index in [-0.39, 0.29) is 12.5 Å². The van der Waals surface area contributed by atoms with E-state index in [1.54, 1.807) is 17.5 Å². The van der Waals surface area contributed by atoms with Gasteiger partial charge in [0.15, 0.2) is 0 Å². The maximum atomic E-state index is 10.3. The summed E-state index contributed by atoms with van der Waals surface area (Å²) in [5.41, 5.74) is 0. The molecule has 4 nitrogen and oxygen atoms in total. The Balaban J connectivity index is 2.36. The third kappa shape index (κ3) is 3.43. The molecule has 0 saturated heterocycles. The standard InChI is InChI=1S/C9H14N2O2S/c1-2-7(9-11-5-6-14-9)10-4-3-8(12)13/h5-7,10H,2-4H2,1H3,(H,12,13). The lowest BCUT2D eigenvalue weighted by atomic mass is 10.2. The fourth-order valence-corrected chi connectivity index (χ4v) is 1.96. The summed E-state index contributed by atoms with van der Waals surface area (Å²) in [5, 5.41) is 14.6. The molecule has 1 rings (SSSR count). The smallest absolute Gasteiger partial charge is 0.304 e.